The van der Waals surface area contributed by atoms with Crippen molar-refractivity contribution in [3.8, 4) is 11.4 Å². The molecule has 7 nitrogen and oxygen atoms in total. The minimum atomic E-state index is -0.190. The molecule has 2 heterocycles. The van der Waals surface area contributed by atoms with E-state index in [1.807, 2.05) is 48.5 Å². The highest BCUT2D eigenvalue weighted by molar-refractivity contribution is 7.98. The molecule has 0 aliphatic rings. The van der Waals surface area contributed by atoms with Crippen molar-refractivity contribution in [2.75, 3.05) is 7.11 Å². The molecule has 0 N–H and O–H groups in total. The summed E-state index contributed by atoms with van der Waals surface area (Å²) in [5, 5.41) is 5.49. The van der Waals surface area contributed by atoms with Crippen LogP contribution in [0.5, 0.6) is 5.75 Å². The van der Waals surface area contributed by atoms with E-state index in [0.717, 1.165) is 5.56 Å². The highest BCUT2D eigenvalue weighted by Crippen LogP contribution is 2.29. The monoisotopic (exact) mass is 490 g/mol. The second-order valence-corrected chi connectivity index (χ2v) is 8.78. The highest BCUT2D eigenvalue weighted by Gasteiger charge is 2.16. The van der Waals surface area contributed by atoms with E-state index in [2.05, 4.69) is 10.1 Å². The number of thioether (sulfide) groups is 1. The summed E-state index contributed by atoms with van der Waals surface area (Å²) in [4.78, 5) is 22.6. The van der Waals surface area contributed by atoms with Crippen LogP contribution in [0.4, 0.5) is 0 Å². The van der Waals surface area contributed by atoms with Crippen LogP contribution in [-0.4, -0.2) is 26.8 Å². The molecule has 5 rings (SSSR count). The van der Waals surface area contributed by atoms with E-state index < -0.39 is 0 Å². The van der Waals surface area contributed by atoms with Crippen molar-refractivity contribution in [2.24, 2.45) is 0 Å². The minimum absolute atomic E-state index is 0.190. The highest BCUT2D eigenvalue weighted by atomic mass is 35.5. The van der Waals surface area contributed by atoms with Crippen molar-refractivity contribution >= 4 is 34.3 Å². The molecule has 0 fully saturated rings. The molecule has 0 aliphatic heterocycles. The lowest BCUT2D eigenvalue weighted by atomic mass is 10.1. The lowest BCUT2D eigenvalue weighted by molar-refractivity contribution is 0.385. The number of hydrogen-bond donors (Lipinski definition) is 0. The van der Waals surface area contributed by atoms with Gasteiger partial charge in [0.1, 0.15) is 5.75 Å². The first kappa shape index (κ1) is 22.2. The number of ether oxygens (including phenoxy) is 1. The molecule has 9 heteroatoms. The van der Waals surface area contributed by atoms with Crippen LogP contribution in [0, 0.1) is 0 Å². The van der Waals surface area contributed by atoms with Crippen molar-refractivity contribution in [1.29, 1.82) is 0 Å². The average Bonchev–Trinajstić information content (AvgIpc) is 3.30. The standard InChI is InChI=1S/C25H19ClN4O3S/c1-32-21-12-11-17(14-19(21)26)30-24(31)18-9-5-6-10-20(18)27-25(30)34-15-23-28-22(29-33-23)13-16-7-3-2-4-8-16/h2-12,14H,13,15H2,1H3. The van der Waals surface area contributed by atoms with E-state index in [9.17, 15) is 4.79 Å². The number of aromatic nitrogens is 4. The summed E-state index contributed by atoms with van der Waals surface area (Å²) >= 11 is 7.68. The Bertz CT molecular complexity index is 1520. The Labute approximate surface area is 204 Å². The Kier molecular flexibility index (Phi) is 6.33. The topological polar surface area (TPSA) is 83.0 Å². The van der Waals surface area contributed by atoms with E-state index in [1.165, 1.54) is 11.8 Å². The zero-order valence-electron chi connectivity index (χ0n) is 18.1. The van der Waals surface area contributed by atoms with E-state index in [0.29, 0.717) is 56.4 Å². The largest absolute Gasteiger partial charge is 0.495 e. The van der Waals surface area contributed by atoms with Gasteiger partial charge < -0.3 is 9.26 Å². The van der Waals surface area contributed by atoms with Crippen LogP contribution >= 0.6 is 23.4 Å². The van der Waals surface area contributed by atoms with Gasteiger partial charge >= 0.3 is 0 Å². The van der Waals surface area contributed by atoms with Gasteiger partial charge in [-0.25, -0.2) is 4.98 Å². The van der Waals surface area contributed by atoms with Gasteiger partial charge in [-0.05, 0) is 35.9 Å². The molecule has 34 heavy (non-hydrogen) atoms. The molecule has 0 bridgehead atoms. The molecule has 2 aromatic heterocycles. The molecule has 0 aliphatic carbocycles. The Morgan fingerprint density at radius 3 is 2.62 bits per heavy atom. The predicted molar refractivity (Wildman–Crippen MR) is 132 cm³/mol. The summed E-state index contributed by atoms with van der Waals surface area (Å²) in [5.74, 6) is 1.94. The van der Waals surface area contributed by atoms with Gasteiger partial charge in [-0.2, -0.15) is 4.98 Å². The maximum Gasteiger partial charge on any atom is 0.266 e. The van der Waals surface area contributed by atoms with Gasteiger partial charge in [-0.3, -0.25) is 9.36 Å². The summed E-state index contributed by atoms with van der Waals surface area (Å²) in [6, 6.07) is 22.4. The zero-order valence-corrected chi connectivity index (χ0v) is 19.7. The average molecular weight is 491 g/mol. The zero-order chi connectivity index (χ0) is 23.5. The second kappa shape index (κ2) is 9.70. The van der Waals surface area contributed by atoms with Gasteiger partial charge in [0.2, 0.25) is 5.89 Å². The fourth-order valence-corrected chi connectivity index (χ4v) is 4.66. The van der Waals surface area contributed by atoms with Gasteiger partial charge in [0.25, 0.3) is 5.56 Å². The van der Waals surface area contributed by atoms with Crippen LogP contribution in [-0.2, 0) is 12.2 Å². The minimum Gasteiger partial charge on any atom is -0.495 e. The maximum atomic E-state index is 13.4. The summed E-state index contributed by atoms with van der Waals surface area (Å²) < 4.78 is 12.2. The first-order valence-corrected chi connectivity index (χ1v) is 11.8. The quantitative estimate of drug-likeness (QED) is 0.226. The van der Waals surface area contributed by atoms with Gasteiger partial charge in [0.05, 0.1) is 34.5 Å². The number of methoxy groups -OCH3 is 1. The third-order valence-electron chi connectivity index (χ3n) is 5.18. The van der Waals surface area contributed by atoms with E-state index in [1.54, 1.807) is 35.9 Å². The normalized spacial score (nSPS) is 11.1. The molecule has 0 spiro atoms. The summed E-state index contributed by atoms with van der Waals surface area (Å²) in [5.41, 5.74) is 2.11. The third kappa shape index (κ3) is 4.55. The molecule has 0 saturated carbocycles. The molecular weight excluding hydrogens is 472 g/mol. The summed E-state index contributed by atoms with van der Waals surface area (Å²) in [6.07, 6.45) is 0.582. The Hall–Kier alpha value is -3.62. The van der Waals surface area contributed by atoms with Crippen molar-refractivity contribution in [3.63, 3.8) is 0 Å². The molecule has 0 saturated heterocycles. The first-order chi connectivity index (χ1) is 16.6. The molecule has 0 radical (unpaired) electrons. The van der Waals surface area contributed by atoms with E-state index in [4.69, 9.17) is 25.8 Å². The number of para-hydroxylation sites is 1. The van der Waals surface area contributed by atoms with Gasteiger partial charge in [-0.15, -0.1) is 0 Å². The fourth-order valence-electron chi connectivity index (χ4n) is 3.56. The fraction of sp³-hybridized carbons (Fsp3) is 0.120. The third-order valence-corrected chi connectivity index (χ3v) is 6.40. The Balaban J connectivity index is 1.48. The molecule has 3 aromatic carbocycles. The SMILES string of the molecule is COc1ccc(-n2c(SCc3nc(Cc4ccccc4)no3)nc3ccccc3c2=O)cc1Cl. The number of fused-ring (bicyclic) bond motifs is 1. The summed E-state index contributed by atoms with van der Waals surface area (Å²) in [6.45, 7) is 0. The van der Waals surface area contributed by atoms with Crippen molar-refractivity contribution in [2.45, 2.75) is 17.3 Å². The Morgan fingerprint density at radius 2 is 1.82 bits per heavy atom. The molecular formula is C25H19ClN4O3S. The van der Waals surface area contributed by atoms with Gasteiger partial charge in [-0.1, -0.05) is 71.0 Å². The Morgan fingerprint density at radius 1 is 1.03 bits per heavy atom. The molecule has 0 atom stereocenters. The lowest BCUT2D eigenvalue weighted by Crippen LogP contribution is -2.21. The molecule has 0 unspecified atom stereocenters. The smallest absolute Gasteiger partial charge is 0.266 e. The number of hydrogen-bond acceptors (Lipinski definition) is 7. The van der Waals surface area contributed by atoms with Crippen LogP contribution < -0.4 is 10.3 Å². The van der Waals surface area contributed by atoms with Crippen LogP contribution in [0.2, 0.25) is 5.02 Å². The molecule has 5 aromatic rings. The first-order valence-electron chi connectivity index (χ1n) is 10.5. The number of nitrogens with zero attached hydrogens (tertiary/aromatic N) is 4. The second-order valence-electron chi connectivity index (χ2n) is 7.43. The number of rotatable bonds is 7. The number of benzene rings is 3. The van der Waals surface area contributed by atoms with Crippen molar-refractivity contribution < 1.29 is 9.26 Å². The van der Waals surface area contributed by atoms with Crippen LogP contribution in [0.3, 0.4) is 0 Å². The molecule has 0 amide bonds. The van der Waals surface area contributed by atoms with E-state index >= 15 is 0 Å². The van der Waals surface area contributed by atoms with Crippen molar-refractivity contribution in [1.82, 2.24) is 19.7 Å². The maximum absolute atomic E-state index is 13.4. The van der Waals surface area contributed by atoms with Gasteiger partial charge in [0, 0.05) is 6.42 Å². The van der Waals surface area contributed by atoms with Crippen LogP contribution in [0.25, 0.3) is 16.6 Å². The van der Waals surface area contributed by atoms with E-state index in [-0.39, 0.29) is 5.56 Å². The lowest BCUT2D eigenvalue weighted by Gasteiger charge is -2.14. The van der Waals surface area contributed by atoms with Crippen LogP contribution in [0.15, 0.2) is 87.3 Å². The van der Waals surface area contributed by atoms with Crippen molar-refractivity contribution in [3.05, 3.63) is 105 Å². The van der Waals surface area contributed by atoms with Gasteiger partial charge in [0.15, 0.2) is 11.0 Å². The molecule has 170 valence electrons. The predicted octanol–water partition coefficient (Wildman–Crippen LogP) is 5.31. The number of halogens is 1. The summed E-state index contributed by atoms with van der Waals surface area (Å²) in [7, 11) is 1.54. The van der Waals surface area contributed by atoms with Crippen LogP contribution in [0.1, 0.15) is 17.3 Å².